The van der Waals surface area contributed by atoms with E-state index in [2.05, 4.69) is 0 Å². The van der Waals surface area contributed by atoms with Crippen molar-refractivity contribution in [2.24, 2.45) is 5.92 Å². The maximum atomic E-state index is 13.1. The van der Waals surface area contributed by atoms with E-state index in [0.717, 1.165) is 18.2 Å². The molecule has 8 heteroatoms. The Bertz CT molecular complexity index is 597. The summed E-state index contributed by atoms with van der Waals surface area (Å²) < 4.78 is 32.8. The van der Waals surface area contributed by atoms with Gasteiger partial charge >= 0.3 is 5.97 Å². The molecule has 0 amide bonds. The van der Waals surface area contributed by atoms with Gasteiger partial charge in [-0.3, -0.25) is 18.7 Å². The molecule has 1 atom stereocenters. The lowest BCUT2D eigenvalue weighted by Gasteiger charge is -2.39. The molecule has 0 radical (unpaired) electrons. The Morgan fingerprint density at radius 3 is 2.53 bits per heavy atom. The summed E-state index contributed by atoms with van der Waals surface area (Å²) in [6.45, 7) is 0. The average Bonchev–Trinajstić information content (AvgIpc) is 2.32. The van der Waals surface area contributed by atoms with Crippen LogP contribution in [0.3, 0.4) is 0 Å². The summed E-state index contributed by atoms with van der Waals surface area (Å²) in [7, 11) is -3.49. The molecule has 102 valence electrons. The zero-order valence-electron chi connectivity index (χ0n) is 9.37. The Kier molecular flexibility index (Phi) is 3.17. The Hall–Kier alpha value is -1.77. The summed E-state index contributed by atoms with van der Waals surface area (Å²) in [6, 6.07) is 2.78. The number of rotatable bonds is 2. The van der Waals surface area contributed by atoms with Crippen LogP contribution in [-0.2, 0) is 9.59 Å². The highest BCUT2D eigenvalue weighted by Gasteiger charge is 2.43. The minimum atomic E-state index is -3.49. The van der Waals surface area contributed by atoms with Gasteiger partial charge in [-0.1, -0.05) is 0 Å². The largest absolute Gasteiger partial charge is 0.475 e. The molecule has 1 unspecified atom stereocenters. The van der Waals surface area contributed by atoms with Crippen LogP contribution in [0.1, 0.15) is 10.4 Å². The number of carbonyl (C=O) groups is 3. The molecule has 0 aliphatic carbocycles. The second-order valence-electron chi connectivity index (χ2n) is 4.06. The fraction of sp³-hybridized carbons (Fsp3) is 0.182. The number of carboxylic acids is 1. The predicted molar refractivity (Wildman–Crippen MR) is 62.8 cm³/mol. The Morgan fingerprint density at radius 1 is 1.32 bits per heavy atom. The number of ketones is 2. The van der Waals surface area contributed by atoms with Gasteiger partial charge in [-0.2, -0.15) is 10.6 Å². The van der Waals surface area contributed by atoms with E-state index in [0.29, 0.717) is 0 Å². The fourth-order valence-electron chi connectivity index (χ4n) is 1.91. The van der Waals surface area contributed by atoms with Gasteiger partial charge < -0.3 is 5.11 Å². The van der Waals surface area contributed by atoms with Crippen LogP contribution >= 0.6 is 10.6 Å². The lowest BCUT2D eigenvalue weighted by atomic mass is 9.94. The molecule has 6 nitrogen and oxygen atoms in total. The summed E-state index contributed by atoms with van der Waals surface area (Å²) in [4.78, 5) is 33.8. The van der Waals surface area contributed by atoms with Gasteiger partial charge in [0.25, 0.3) is 5.78 Å². The lowest BCUT2D eigenvalue weighted by Crippen LogP contribution is -2.38. The monoisotopic (exact) mass is 288 g/mol. The van der Waals surface area contributed by atoms with E-state index in [4.69, 9.17) is 5.11 Å². The molecule has 1 aliphatic rings. The standard InChI is InChI=1S/C11H9FO6S/c12-5-1-2-8-6(3-5)9(13)7(4-19(8,17)18)10(14)11(15)16/h1-3,7,17-18H,4H2,(H,15,16). The van der Waals surface area contributed by atoms with Crippen molar-refractivity contribution < 1.29 is 33.0 Å². The number of hydrogen-bond acceptors (Lipinski definition) is 5. The number of Topliss-reactive ketones (excluding diaryl/α,β-unsaturated/α-hetero) is 2. The second-order valence-corrected chi connectivity index (χ2v) is 6.17. The maximum Gasteiger partial charge on any atom is 0.373 e. The molecule has 1 heterocycles. The van der Waals surface area contributed by atoms with Crippen molar-refractivity contribution in [3.63, 3.8) is 0 Å². The van der Waals surface area contributed by atoms with E-state index in [-0.39, 0.29) is 10.5 Å². The number of benzene rings is 1. The smallest absolute Gasteiger partial charge is 0.373 e. The highest BCUT2D eigenvalue weighted by atomic mass is 32.3. The van der Waals surface area contributed by atoms with Gasteiger partial charge in [-0.25, -0.2) is 9.18 Å². The molecule has 3 N–H and O–H groups in total. The van der Waals surface area contributed by atoms with E-state index in [9.17, 15) is 27.9 Å². The van der Waals surface area contributed by atoms with Crippen LogP contribution in [0.4, 0.5) is 4.39 Å². The summed E-state index contributed by atoms with van der Waals surface area (Å²) in [5.74, 6) is -7.35. The zero-order valence-corrected chi connectivity index (χ0v) is 10.2. The van der Waals surface area contributed by atoms with Crippen molar-refractivity contribution in [1.82, 2.24) is 0 Å². The molecule has 2 rings (SSSR count). The first-order chi connectivity index (χ1) is 8.74. The lowest BCUT2D eigenvalue weighted by molar-refractivity contribution is -0.150. The maximum absolute atomic E-state index is 13.1. The van der Waals surface area contributed by atoms with Crippen molar-refractivity contribution in [3.8, 4) is 0 Å². The van der Waals surface area contributed by atoms with Crippen LogP contribution in [-0.4, -0.2) is 37.5 Å². The van der Waals surface area contributed by atoms with Crippen LogP contribution in [0.2, 0.25) is 0 Å². The van der Waals surface area contributed by atoms with E-state index >= 15 is 0 Å². The van der Waals surface area contributed by atoms with E-state index in [1.807, 2.05) is 0 Å². The molecular formula is C11H9FO6S. The first-order valence-corrected chi connectivity index (χ1v) is 6.82. The summed E-state index contributed by atoms with van der Waals surface area (Å²) in [5.41, 5.74) is -0.356. The van der Waals surface area contributed by atoms with Crippen LogP contribution in [0.25, 0.3) is 0 Å². The van der Waals surface area contributed by atoms with Gasteiger partial charge in [0.1, 0.15) is 11.7 Å². The first kappa shape index (κ1) is 13.7. The number of hydrogen-bond donors (Lipinski definition) is 3. The second kappa shape index (κ2) is 4.41. The third kappa shape index (κ3) is 2.25. The normalized spacial score (nSPS) is 22.5. The molecule has 19 heavy (non-hydrogen) atoms. The molecule has 1 aromatic rings. The first-order valence-electron chi connectivity index (χ1n) is 5.11. The van der Waals surface area contributed by atoms with E-state index in [1.165, 1.54) is 0 Å². The molecular weight excluding hydrogens is 279 g/mol. The molecule has 1 aromatic carbocycles. The third-order valence-electron chi connectivity index (χ3n) is 2.80. The molecule has 1 aliphatic heterocycles. The van der Waals surface area contributed by atoms with Gasteiger partial charge in [0.15, 0.2) is 5.78 Å². The summed E-state index contributed by atoms with van der Waals surface area (Å²) in [5, 5.41) is 8.59. The Labute approximate surface area is 108 Å². The van der Waals surface area contributed by atoms with Crippen molar-refractivity contribution >= 4 is 28.1 Å². The zero-order chi connectivity index (χ0) is 14.4. The number of aliphatic carboxylic acids is 1. The molecule has 0 aromatic heterocycles. The topological polar surface area (TPSA) is 112 Å². The van der Waals surface area contributed by atoms with Crippen LogP contribution in [0.15, 0.2) is 23.1 Å². The molecule has 0 saturated heterocycles. The highest BCUT2D eigenvalue weighted by molar-refractivity contribution is 8.24. The summed E-state index contributed by atoms with van der Waals surface area (Å²) in [6.07, 6.45) is 0. The van der Waals surface area contributed by atoms with Crippen molar-refractivity contribution in [2.75, 3.05) is 5.75 Å². The van der Waals surface area contributed by atoms with Gasteiger partial charge in [0, 0.05) is 5.56 Å². The Balaban J connectivity index is 2.56. The SMILES string of the molecule is O=C(O)C(=O)C1CS(O)(O)c2ccc(F)cc2C1=O. The van der Waals surface area contributed by atoms with Crippen molar-refractivity contribution in [3.05, 3.63) is 29.6 Å². The van der Waals surface area contributed by atoms with Gasteiger partial charge in [0.2, 0.25) is 0 Å². The number of fused-ring (bicyclic) bond motifs is 1. The van der Waals surface area contributed by atoms with Crippen LogP contribution < -0.4 is 0 Å². The van der Waals surface area contributed by atoms with E-state index in [1.54, 1.807) is 0 Å². The number of halogens is 1. The molecule has 0 spiro atoms. The number of carboxylic acid groups (broad SMARTS) is 1. The highest BCUT2D eigenvalue weighted by Crippen LogP contribution is 2.54. The fourth-order valence-corrected chi connectivity index (χ4v) is 3.65. The molecule has 0 saturated carbocycles. The van der Waals surface area contributed by atoms with Crippen molar-refractivity contribution in [1.29, 1.82) is 0 Å². The minimum absolute atomic E-state index is 0.159. The van der Waals surface area contributed by atoms with Gasteiger partial charge in [-0.15, -0.1) is 0 Å². The van der Waals surface area contributed by atoms with E-state index < -0.39 is 45.6 Å². The average molecular weight is 288 g/mol. The van der Waals surface area contributed by atoms with Gasteiger partial charge in [0.05, 0.1) is 10.6 Å². The van der Waals surface area contributed by atoms with Crippen LogP contribution in [0, 0.1) is 11.7 Å². The Morgan fingerprint density at radius 2 is 1.95 bits per heavy atom. The van der Waals surface area contributed by atoms with Crippen LogP contribution in [0.5, 0.6) is 0 Å². The predicted octanol–water partition coefficient (Wildman–Crippen LogP) is 1.40. The van der Waals surface area contributed by atoms with Crippen molar-refractivity contribution in [2.45, 2.75) is 4.90 Å². The summed E-state index contributed by atoms with van der Waals surface area (Å²) >= 11 is 0. The minimum Gasteiger partial charge on any atom is -0.475 e. The third-order valence-corrected chi connectivity index (χ3v) is 4.66. The molecule has 0 bridgehead atoms. The number of carbonyl (C=O) groups excluding carboxylic acids is 2. The quantitative estimate of drug-likeness (QED) is 0.560. The van der Waals surface area contributed by atoms with Gasteiger partial charge in [-0.05, 0) is 18.2 Å². The molecule has 0 fully saturated rings.